The Morgan fingerprint density at radius 3 is 2.77 bits per heavy atom. The van der Waals surface area contributed by atoms with Crippen molar-refractivity contribution in [2.45, 2.75) is 12.5 Å². The van der Waals surface area contributed by atoms with Crippen LogP contribution in [0.5, 0.6) is 0 Å². The maximum absolute atomic E-state index is 8.98. The van der Waals surface area contributed by atoms with Crippen LogP contribution in [0.2, 0.25) is 5.15 Å². The lowest BCUT2D eigenvalue weighted by Gasteiger charge is -2.22. The van der Waals surface area contributed by atoms with Crippen LogP contribution in [0.15, 0.2) is 12.3 Å². The molecule has 0 aromatic carbocycles. The van der Waals surface area contributed by atoms with E-state index in [4.69, 9.17) is 28.2 Å². The van der Waals surface area contributed by atoms with Crippen molar-refractivity contribution in [2.75, 3.05) is 12.3 Å². The first-order valence-electron chi connectivity index (χ1n) is 3.78. The highest BCUT2D eigenvalue weighted by molar-refractivity contribution is 6.31. The van der Waals surface area contributed by atoms with E-state index in [2.05, 4.69) is 4.98 Å². The second-order valence-electron chi connectivity index (χ2n) is 3.18. The van der Waals surface area contributed by atoms with Gasteiger partial charge in [0.05, 0.1) is 17.8 Å². The summed E-state index contributed by atoms with van der Waals surface area (Å²) in [7, 11) is 0. The van der Waals surface area contributed by atoms with E-state index in [0.29, 0.717) is 11.3 Å². The summed E-state index contributed by atoms with van der Waals surface area (Å²) in [6, 6.07) is 1.62. The molecule has 13 heavy (non-hydrogen) atoms. The number of halogens is 1. The molecule has 1 rings (SSSR count). The third kappa shape index (κ3) is 2.09. The topological polar surface area (TPSA) is 85.2 Å². The fourth-order valence-corrected chi connectivity index (χ4v) is 0.972. The molecule has 0 bridgehead atoms. The summed E-state index contributed by atoms with van der Waals surface area (Å²) in [6.07, 6.45) is 1.51. The first-order valence-corrected chi connectivity index (χ1v) is 4.16. The number of rotatable bonds is 2. The zero-order chi connectivity index (χ0) is 10.1. The summed E-state index contributed by atoms with van der Waals surface area (Å²) in [6.45, 7) is 1.52. The molecule has 1 atom stereocenters. The second-order valence-corrected chi connectivity index (χ2v) is 3.54. The van der Waals surface area contributed by atoms with E-state index >= 15 is 0 Å². The lowest BCUT2D eigenvalue weighted by atomic mass is 9.96. The normalized spacial score (nSPS) is 15.4. The van der Waals surface area contributed by atoms with E-state index in [1.54, 1.807) is 13.0 Å². The summed E-state index contributed by atoms with van der Waals surface area (Å²) >= 11 is 5.63. The Bertz CT molecular complexity index is 314. The Balaban J connectivity index is 3.10. The fourth-order valence-electron chi connectivity index (χ4n) is 0.869. The molecule has 0 amide bonds. The van der Waals surface area contributed by atoms with Gasteiger partial charge in [0.2, 0.25) is 0 Å². The standard InChI is InChI=1S/C8H12ClN3O/c1-8(11,4-13)5-2-6(10)7(9)12-3-5/h2-3,13H,4,10-11H2,1H3. The molecule has 5 heteroatoms. The smallest absolute Gasteiger partial charge is 0.151 e. The first-order chi connectivity index (χ1) is 5.97. The molecule has 4 nitrogen and oxygen atoms in total. The number of pyridine rings is 1. The van der Waals surface area contributed by atoms with Gasteiger partial charge in [-0.1, -0.05) is 11.6 Å². The molecule has 72 valence electrons. The number of aliphatic hydroxyl groups is 1. The predicted molar refractivity (Wildman–Crippen MR) is 52.3 cm³/mol. The second kappa shape index (κ2) is 3.49. The van der Waals surface area contributed by atoms with E-state index in [0.717, 1.165) is 0 Å². The van der Waals surface area contributed by atoms with Crippen molar-refractivity contribution >= 4 is 17.3 Å². The maximum atomic E-state index is 8.98. The Kier molecular flexibility index (Phi) is 2.75. The van der Waals surface area contributed by atoms with Crippen molar-refractivity contribution in [3.05, 3.63) is 23.0 Å². The molecule has 0 spiro atoms. The Hall–Kier alpha value is -0.840. The summed E-state index contributed by atoms with van der Waals surface area (Å²) < 4.78 is 0. The number of hydrogen-bond acceptors (Lipinski definition) is 4. The van der Waals surface area contributed by atoms with Gasteiger partial charge in [0.1, 0.15) is 0 Å². The van der Waals surface area contributed by atoms with E-state index < -0.39 is 5.54 Å². The molecule has 0 aliphatic rings. The van der Waals surface area contributed by atoms with Crippen LogP contribution in [0.3, 0.4) is 0 Å². The third-order valence-corrected chi connectivity index (χ3v) is 2.17. The highest BCUT2D eigenvalue weighted by Gasteiger charge is 2.20. The average Bonchev–Trinajstić information content (AvgIpc) is 2.09. The minimum Gasteiger partial charge on any atom is -0.396 e. The van der Waals surface area contributed by atoms with Gasteiger partial charge in [-0.15, -0.1) is 0 Å². The molecule has 0 aliphatic heterocycles. The molecule has 1 heterocycles. The molecule has 0 aliphatic carbocycles. The lowest BCUT2D eigenvalue weighted by molar-refractivity contribution is 0.210. The van der Waals surface area contributed by atoms with Crippen molar-refractivity contribution in [3.63, 3.8) is 0 Å². The number of nitrogens with two attached hydrogens (primary N) is 2. The molecule has 1 aromatic rings. The van der Waals surface area contributed by atoms with Gasteiger partial charge in [-0.3, -0.25) is 0 Å². The molecule has 0 fully saturated rings. The van der Waals surface area contributed by atoms with Gasteiger partial charge in [0.25, 0.3) is 0 Å². The minimum absolute atomic E-state index is 0.171. The molecule has 1 unspecified atom stereocenters. The van der Waals surface area contributed by atoms with Crippen molar-refractivity contribution in [2.24, 2.45) is 5.73 Å². The van der Waals surface area contributed by atoms with Crippen LogP contribution in [-0.4, -0.2) is 16.7 Å². The van der Waals surface area contributed by atoms with E-state index in [9.17, 15) is 0 Å². The van der Waals surface area contributed by atoms with Crippen LogP contribution in [0.1, 0.15) is 12.5 Å². The highest BCUT2D eigenvalue weighted by atomic mass is 35.5. The molecule has 0 radical (unpaired) electrons. The summed E-state index contributed by atoms with van der Waals surface area (Å²) in [5, 5.41) is 9.23. The van der Waals surface area contributed by atoms with E-state index in [1.165, 1.54) is 6.20 Å². The van der Waals surface area contributed by atoms with Gasteiger partial charge < -0.3 is 16.6 Å². The van der Waals surface area contributed by atoms with Crippen LogP contribution in [0, 0.1) is 0 Å². The lowest BCUT2D eigenvalue weighted by Crippen LogP contribution is -2.37. The van der Waals surface area contributed by atoms with E-state index in [1.807, 2.05) is 0 Å². The van der Waals surface area contributed by atoms with Crippen LogP contribution in [0.25, 0.3) is 0 Å². The SMILES string of the molecule is CC(N)(CO)c1cnc(Cl)c(N)c1. The van der Waals surface area contributed by atoms with Crippen LogP contribution >= 0.6 is 11.6 Å². The van der Waals surface area contributed by atoms with Crippen LogP contribution < -0.4 is 11.5 Å². The summed E-state index contributed by atoms with van der Waals surface area (Å²) in [5.41, 5.74) is 11.5. The highest BCUT2D eigenvalue weighted by Crippen LogP contribution is 2.22. The van der Waals surface area contributed by atoms with Crippen LogP contribution in [-0.2, 0) is 5.54 Å². The molecule has 0 saturated heterocycles. The van der Waals surface area contributed by atoms with Gasteiger partial charge in [-0.25, -0.2) is 4.98 Å². The fraction of sp³-hybridized carbons (Fsp3) is 0.375. The number of anilines is 1. The first kappa shape index (κ1) is 10.2. The minimum atomic E-state index is -0.828. The van der Waals surface area contributed by atoms with Gasteiger partial charge in [0.15, 0.2) is 5.15 Å². The predicted octanol–water partition coefficient (Wildman–Crippen LogP) is 0.483. The van der Waals surface area contributed by atoms with Gasteiger partial charge in [0, 0.05) is 6.20 Å². The van der Waals surface area contributed by atoms with E-state index in [-0.39, 0.29) is 11.8 Å². The molecule has 5 N–H and O–H groups in total. The van der Waals surface area contributed by atoms with Gasteiger partial charge in [-0.05, 0) is 18.6 Å². The summed E-state index contributed by atoms with van der Waals surface area (Å²) in [5.74, 6) is 0. The van der Waals surface area contributed by atoms with Crippen molar-refractivity contribution in [1.29, 1.82) is 0 Å². The monoisotopic (exact) mass is 201 g/mol. The Morgan fingerprint density at radius 1 is 1.69 bits per heavy atom. The number of nitrogens with zero attached hydrogens (tertiary/aromatic N) is 1. The zero-order valence-electron chi connectivity index (χ0n) is 7.29. The average molecular weight is 202 g/mol. The maximum Gasteiger partial charge on any atom is 0.151 e. The zero-order valence-corrected chi connectivity index (χ0v) is 8.04. The number of hydrogen-bond donors (Lipinski definition) is 3. The number of aromatic nitrogens is 1. The quantitative estimate of drug-likeness (QED) is 0.608. The third-order valence-electron chi connectivity index (χ3n) is 1.85. The van der Waals surface area contributed by atoms with Gasteiger partial charge >= 0.3 is 0 Å². The molecule has 1 aromatic heterocycles. The molecular formula is C8H12ClN3O. The molecular weight excluding hydrogens is 190 g/mol. The Labute approximate surface area is 81.5 Å². The number of nitrogen functional groups attached to an aromatic ring is 1. The number of aliphatic hydroxyl groups excluding tert-OH is 1. The van der Waals surface area contributed by atoms with Crippen molar-refractivity contribution in [3.8, 4) is 0 Å². The van der Waals surface area contributed by atoms with Gasteiger partial charge in [-0.2, -0.15) is 0 Å². The van der Waals surface area contributed by atoms with Crippen LogP contribution in [0.4, 0.5) is 5.69 Å². The molecule has 0 saturated carbocycles. The largest absolute Gasteiger partial charge is 0.396 e. The van der Waals surface area contributed by atoms with Crippen molar-refractivity contribution < 1.29 is 5.11 Å². The Morgan fingerprint density at radius 2 is 2.31 bits per heavy atom. The summed E-state index contributed by atoms with van der Waals surface area (Å²) in [4.78, 5) is 3.84. The van der Waals surface area contributed by atoms with Crippen molar-refractivity contribution in [1.82, 2.24) is 4.98 Å².